The molecule has 1 saturated carbocycles. The van der Waals surface area contributed by atoms with Crippen LogP contribution in [0.1, 0.15) is 55.4 Å². The number of sulfone groups is 1. The molecule has 0 aliphatic heterocycles. The molecule has 0 amide bonds. The third-order valence-electron chi connectivity index (χ3n) is 8.20. The fraction of sp³-hybridized carbons (Fsp3) is 0.385. The molecule has 4 aromatic rings. The zero-order valence-electron chi connectivity index (χ0n) is 21.4. The average Bonchev–Trinajstić information content (AvgIpc) is 3.52. The van der Waals surface area contributed by atoms with Gasteiger partial charge in [-0.25, -0.2) is 32.2 Å². The molecule has 2 bridgehead atoms. The number of aryl methyl sites for hydroxylation is 1. The molecule has 3 heterocycles. The van der Waals surface area contributed by atoms with Crippen LogP contribution in [0.5, 0.6) is 0 Å². The summed E-state index contributed by atoms with van der Waals surface area (Å²) in [5.41, 5.74) is 0.701. The van der Waals surface area contributed by atoms with Crippen molar-refractivity contribution in [3.8, 4) is 17.2 Å². The third kappa shape index (κ3) is 3.87. The zero-order chi connectivity index (χ0) is 27.7. The lowest BCUT2D eigenvalue weighted by atomic mass is 9.66. The minimum Gasteiger partial charge on any atom is -0.229 e. The number of hydrogen-bond acceptors (Lipinski definition) is 8. The summed E-state index contributed by atoms with van der Waals surface area (Å²) in [5.74, 6) is -0.968. The first-order valence-electron chi connectivity index (χ1n) is 12.4. The van der Waals surface area contributed by atoms with Crippen LogP contribution in [0.2, 0.25) is 5.02 Å². The summed E-state index contributed by atoms with van der Waals surface area (Å²) >= 11 is 6.86. The van der Waals surface area contributed by atoms with Crippen LogP contribution in [0.4, 0.5) is 8.78 Å². The normalized spacial score (nSPS) is 21.3. The van der Waals surface area contributed by atoms with Gasteiger partial charge in [-0.3, -0.25) is 0 Å². The lowest BCUT2D eigenvalue weighted by Crippen LogP contribution is -2.38. The van der Waals surface area contributed by atoms with E-state index in [9.17, 15) is 17.2 Å². The molecule has 6 rings (SSSR count). The van der Waals surface area contributed by atoms with E-state index >= 15 is 0 Å². The van der Waals surface area contributed by atoms with Crippen LogP contribution < -0.4 is 0 Å². The molecular weight excluding hydrogens is 548 g/mol. The highest BCUT2D eigenvalue weighted by Gasteiger charge is 2.65. The first-order valence-corrected chi connectivity index (χ1v) is 14.8. The van der Waals surface area contributed by atoms with Gasteiger partial charge in [0.2, 0.25) is 0 Å². The van der Waals surface area contributed by atoms with Crippen LogP contribution in [0.25, 0.3) is 17.2 Å². The molecule has 1 fully saturated rings. The number of halogens is 3. The lowest BCUT2D eigenvalue weighted by molar-refractivity contribution is 0.242. The Balaban J connectivity index is 1.45. The van der Waals surface area contributed by atoms with Crippen molar-refractivity contribution in [2.45, 2.75) is 44.4 Å². The standard InChI is InChI=1S/C26H24ClF2N7O2S/c1-25(2)14-7-10-26(25,23-19(14)21(27)22(33-34-23)20-15(28)5-4-6-16(20)29)17-8-11-30-24(32-17)36-13-31-18(35-36)9-12-39(3,37)38/h4-6,8,11,13-14H,7,9-10,12H2,1-3H3/t14-,26-/m0/s1. The predicted molar refractivity (Wildman–Crippen MR) is 139 cm³/mol. The van der Waals surface area contributed by atoms with Gasteiger partial charge >= 0.3 is 0 Å². The van der Waals surface area contributed by atoms with E-state index in [-0.39, 0.29) is 40.3 Å². The van der Waals surface area contributed by atoms with Crippen molar-refractivity contribution in [3.05, 3.63) is 76.2 Å². The topological polar surface area (TPSA) is 116 Å². The molecule has 202 valence electrons. The largest absolute Gasteiger partial charge is 0.252 e. The maximum absolute atomic E-state index is 14.6. The van der Waals surface area contributed by atoms with E-state index < -0.39 is 32.3 Å². The molecule has 0 unspecified atom stereocenters. The van der Waals surface area contributed by atoms with Crippen LogP contribution in [-0.2, 0) is 21.7 Å². The van der Waals surface area contributed by atoms with Crippen LogP contribution >= 0.6 is 11.6 Å². The molecule has 0 saturated heterocycles. The number of nitrogens with zero attached hydrogens (tertiary/aromatic N) is 7. The van der Waals surface area contributed by atoms with Crippen molar-refractivity contribution in [1.29, 1.82) is 0 Å². The van der Waals surface area contributed by atoms with E-state index in [1.54, 1.807) is 6.20 Å². The second-order valence-electron chi connectivity index (χ2n) is 10.7. The molecule has 9 nitrogen and oxygen atoms in total. The summed E-state index contributed by atoms with van der Waals surface area (Å²) in [6.45, 7) is 4.24. The van der Waals surface area contributed by atoms with Gasteiger partial charge in [0.1, 0.15) is 33.5 Å². The van der Waals surface area contributed by atoms with Crippen molar-refractivity contribution < 1.29 is 17.2 Å². The number of hydrogen-bond donors (Lipinski definition) is 0. The smallest absolute Gasteiger partial charge is 0.229 e. The molecular formula is C26H24ClF2N7O2S. The highest BCUT2D eigenvalue weighted by molar-refractivity contribution is 7.90. The van der Waals surface area contributed by atoms with E-state index in [1.165, 1.54) is 29.2 Å². The molecule has 1 aromatic carbocycles. The molecule has 39 heavy (non-hydrogen) atoms. The minimum absolute atomic E-state index is 0.0165. The van der Waals surface area contributed by atoms with Crippen molar-refractivity contribution >= 4 is 21.4 Å². The Morgan fingerprint density at radius 2 is 1.87 bits per heavy atom. The van der Waals surface area contributed by atoms with Crippen LogP contribution in [0.3, 0.4) is 0 Å². The zero-order valence-corrected chi connectivity index (χ0v) is 22.9. The highest BCUT2D eigenvalue weighted by atomic mass is 35.5. The monoisotopic (exact) mass is 571 g/mol. The van der Waals surface area contributed by atoms with E-state index in [0.717, 1.165) is 24.7 Å². The van der Waals surface area contributed by atoms with E-state index in [1.807, 2.05) is 6.07 Å². The summed E-state index contributed by atoms with van der Waals surface area (Å²) < 4.78 is 53.7. The summed E-state index contributed by atoms with van der Waals surface area (Å²) in [6.07, 6.45) is 5.93. The maximum Gasteiger partial charge on any atom is 0.252 e. The lowest BCUT2D eigenvalue weighted by Gasteiger charge is -2.37. The first-order chi connectivity index (χ1) is 18.4. The second-order valence-corrected chi connectivity index (χ2v) is 13.3. The molecule has 0 N–H and O–H groups in total. The van der Waals surface area contributed by atoms with Gasteiger partial charge in [0.25, 0.3) is 5.95 Å². The molecule has 2 atom stereocenters. The Kier molecular flexibility index (Phi) is 5.85. The predicted octanol–water partition coefficient (Wildman–Crippen LogP) is 4.24. The van der Waals surface area contributed by atoms with Gasteiger partial charge in [0, 0.05) is 24.4 Å². The van der Waals surface area contributed by atoms with E-state index in [4.69, 9.17) is 16.6 Å². The number of rotatable bonds is 6. The highest BCUT2D eigenvalue weighted by Crippen LogP contribution is 2.70. The van der Waals surface area contributed by atoms with Crippen LogP contribution in [0, 0.1) is 17.0 Å². The summed E-state index contributed by atoms with van der Waals surface area (Å²) in [5, 5.41) is 13.3. The Bertz CT molecular complexity index is 1720. The Morgan fingerprint density at radius 1 is 1.13 bits per heavy atom. The van der Waals surface area contributed by atoms with Crippen molar-refractivity contribution in [3.63, 3.8) is 0 Å². The van der Waals surface area contributed by atoms with Gasteiger partial charge in [-0.2, -0.15) is 9.78 Å². The third-order valence-corrected chi connectivity index (χ3v) is 9.53. The summed E-state index contributed by atoms with van der Waals surface area (Å²) in [6, 6.07) is 5.45. The SMILES string of the molecule is CC1(C)[C@H]2CC[C@]1(c1ccnc(-n3cnc(CCS(C)(=O)=O)n3)n1)c1nnc(-c3c(F)cccc3F)c(Cl)c12. The van der Waals surface area contributed by atoms with E-state index in [0.29, 0.717) is 17.2 Å². The average molecular weight is 572 g/mol. The first kappa shape index (κ1) is 25.9. The van der Waals surface area contributed by atoms with Gasteiger partial charge in [-0.1, -0.05) is 31.5 Å². The van der Waals surface area contributed by atoms with Gasteiger partial charge < -0.3 is 0 Å². The Hall–Kier alpha value is -3.38. The minimum atomic E-state index is -3.16. The summed E-state index contributed by atoms with van der Waals surface area (Å²) in [7, 11) is -3.16. The van der Waals surface area contributed by atoms with Crippen LogP contribution in [-0.4, -0.2) is 55.4 Å². The van der Waals surface area contributed by atoms with E-state index in [2.05, 4.69) is 39.1 Å². The van der Waals surface area contributed by atoms with Crippen LogP contribution in [0.15, 0.2) is 36.8 Å². The van der Waals surface area contributed by atoms with Crippen molar-refractivity contribution in [2.75, 3.05) is 12.0 Å². The Labute approximate surface area is 228 Å². The van der Waals surface area contributed by atoms with Gasteiger partial charge in [0.15, 0.2) is 5.82 Å². The number of aromatic nitrogens is 7. The second kappa shape index (κ2) is 8.82. The molecule has 2 aliphatic rings. The molecule has 0 radical (unpaired) electrons. The van der Waals surface area contributed by atoms with Gasteiger partial charge in [-0.05, 0) is 42.4 Å². The fourth-order valence-corrected chi connectivity index (χ4v) is 7.18. The quantitative estimate of drug-likeness (QED) is 0.337. The van der Waals surface area contributed by atoms with Gasteiger partial charge in [0.05, 0.1) is 33.1 Å². The number of fused-ring (bicyclic) bond motifs is 5. The maximum atomic E-state index is 14.6. The summed E-state index contributed by atoms with van der Waals surface area (Å²) in [4.78, 5) is 13.4. The number of benzene rings is 1. The van der Waals surface area contributed by atoms with Crippen molar-refractivity contribution in [1.82, 2.24) is 34.9 Å². The van der Waals surface area contributed by atoms with Crippen molar-refractivity contribution in [2.24, 2.45) is 5.41 Å². The molecule has 3 aromatic heterocycles. The van der Waals surface area contributed by atoms with Gasteiger partial charge in [-0.15, -0.1) is 10.2 Å². The Morgan fingerprint density at radius 3 is 2.59 bits per heavy atom. The molecule has 2 aliphatic carbocycles. The fourth-order valence-electron chi connectivity index (χ4n) is 6.28. The molecule has 0 spiro atoms. The molecule has 13 heteroatoms.